The Hall–Kier alpha value is -2.73. The Morgan fingerprint density at radius 3 is 2.41 bits per heavy atom. The number of ether oxygens (including phenoxy) is 2. The molecule has 6 heteroatoms. The zero-order valence-corrected chi connectivity index (χ0v) is 19.7. The normalized spacial score (nSPS) is 14.3. The lowest BCUT2D eigenvalue weighted by molar-refractivity contribution is 0.0952. The topological polar surface area (TPSA) is 54.0 Å². The molecule has 1 fully saturated rings. The van der Waals surface area contributed by atoms with Gasteiger partial charge in [0.15, 0.2) is 11.5 Å². The van der Waals surface area contributed by atoms with Gasteiger partial charge < -0.3 is 19.7 Å². The number of nitrogens with one attached hydrogen (secondary N) is 1. The highest BCUT2D eigenvalue weighted by Crippen LogP contribution is 2.28. The minimum atomic E-state index is -0.0687. The summed E-state index contributed by atoms with van der Waals surface area (Å²) in [6.07, 6.45) is 2.05. The van der Waals surface area contributed by atoms with Gasteiger partial charge in [0.2, 0.25) is 0 Å². The summed E-state index contributed by atoms with van der Waals surface area (Å²) in [7, 11) is 0. The molecule has 2 aromatic carbocycles. The molecule has 2 aromatic rings. The Morgan fingerprint density at radius 2 is 1.69 bits per heavy atom. The Bertz CT molecular complexity index is 863. The first-order valence-corrected chi connectivity index (χ1v) is 11.8. The second kappa shape index (κ2) is 12.3. The maximum atomic E-state index is 12.5. The summed E-state index contributed by atoms with van der Waals surface area (Å²) < 4.78 is 11.2. The van der Waals surface area contributed by atoms with Crippen molar-refractivity contribution < 1.29 is 14.3 Å². The van der Waals surface area contributed by atoms with Gasteiger partial charge >= 0.3 is 0 Å². The van der Waals surface area contributed by atoms with E-state index in [0.29, 0.717) is 36.8 Å². The quantitative estimate of drug-likeness (QED) is 0.534. The number of hydrogen-bond donors (Lipinski definition) is 1. The fourth-order valence-electron chi connectivity index (χ4n) is 4.01. The number of unbranched alkanes of at least 4 members (excludes halogenated alkanes) is 1. The van der Waals surface area contributed by atoms with Gasteiger partial charge in [-0.05, 0) is 76.1 Å². The van der Waals surface area contributed by atoms with Crippen LogP contribution in [-0.4, -0.2) is 63.3 Å². The fraction of sp³-hybridized carbons (Fsp3) is 0.500. The second-order valence-electron chi connectivity index (χ2n) is 8.16. The molecule has 1 aliphatic heterocycles. The monoisotopic (exact) mass is 439 g/mol. The average Bonchev–Trinajstić information content (AvgIpc) is 2.80. The lowest BCUT2D eigenvalue weighted by Crippen LogP contribution is -2.46. The van der Waals surface area contributed by atoms with Crippen LogP contribution in [0.25, 0.3) is 0 Å². The van der Waals surface area contributed by atoms with E-state index in [9.17, 15) is 4.79 Å². The van der Waals surface area contributed by atoms with Crippen LogP contribution >= 0.6 is 0 Å². The first kappa shape index (κ1) is 23.9. The Balaban J connectivity index is 1.35. The summed E-state index contributed by atoms with van der Waals surface area (Å²) in [5.74, 6) is 1.22. The predicted molar refractivity (Wildman–Crippen MR) is 130 cm³/mol. The van der Waals surface area contributed by atoms with E-state index in [1.165, 1.54) is 11.3 Å². The molecule has 6 nitrogen and oxygen atoms in total. The number of piperazine rings is 1. The first-order chi connectivity index (χ1) is 15.6. The minimum Gasteiger partial charge on any atom is -0.490 e. The summed E-state index contributed by atoms with van der Waals surface area (Å²) in [6.45, 7) is 13.2. The first-order valence-electron chi connectivity index (χ1n) is 11.8. The lowest BCUT2D eigenvalue weighted by atomic mass is 10.1. The molecule has 1 heterocycles. The maximum absolute atomic E-state index is 12.5. The van der Waals surface area contributed by atoms with E-state index in [4.69, 9.17) is 9.47 Å². The lowest BCUT2D eigenvalue weighted by Gasteiger charge is -2.36. The summed E-state index contributed by atoms with van der Waals surface area (Å²) in [5.41, 5.74) is 3.24. The third-order valence-electron chi connectivity index (χ3n) is 5.73. The molecule has 0 unspecified atom stereocenters. The molecule has 0 spiro atoms. The zero-order valence-electron chi connectivity index (χ0n) is 19.7. The van der Waals surface area contributed by atoms with Crippen LogP contribution in [0.3, 0.4) is 0 Å². The predicted octanol–water partition coefficient (Wildman–Crippen LogP) is 4.12. The maximum Gasteiger partial charge on any atom is 0.251 e. The number of anilines is 1. The third-order valence-corrected chi connectivity index (χ3v) is 5.73. The summed E-state index contributed by atoms with van der Waals surface area (Å²) in [6, 6.07) is 14.1. The molecule has 1 amide bonds. The van der Waals surface area contributed by atoms with Crippen LogP contribution in [0.4, 0.5) is 5.69 Å². The molecule has 0 radical (unpaired) electrons. The zero-order chi connectivity index (χ0) is 22.8. The van der Waals surface area contributed by atoms with E-state index in [0.717, 1.165) is 45.6 Å². The highest BCUT2D eigenvalue weighted by atomic mass is 16.5. The van der Waals surface area contributed by atoms with Gasteiger partial charge in [-0.15, -0.1) is 0 Å². The molecule has 0 aliphatic carbocycles. The van der Waals surface area contributed by atoms with E-state index < -0.39 is 0 Å². The van der Waals surface area contributed by atoms with Crippen molar-refractivity contribution in [1.29, 1.82) is 0 Å². The third kappa shape index (κ3) is 6.89. The molecule has 0 saturated carbocycles. The number of aryl methyl sites for hydroxylation is 1. The van der Waals surface area contributed by atoms with Crippen LogP contribution in [0.1, 0.15) is 42.6 Å². The molecular formula is C26H37N3O3. The van der Waals surface area contributed by atoms with Crippen molar-refractivity contribution in [2.24, 2.45) is 0 Å². The van der Waals surface area contributed by atoms with Gasteiger partial charge in [-0.3, -0.25) is 9.69 Å². The van der Waals surface area contributed by atoms with E-state index in [-0.39, 0.29) is 5.91 Å². The summed E-state index contributed by atoms with van der Waals surface area (Å²) in [4.78, 5) is 17.5. The van der Waals surface area contributed by atoms with Gasteiger partial charge in [-0.2, -0.15) is 0 Å². The van der Waals surface area contributed by atoms with Crippen LogP contribution in [0.2, 0.25) is 0 Å². The van der Waals surface area contributed by atoms with E-state index in [1.807, 2.05) is 13.8 Å². The molecule has 0 bridgehead atoms. The average molecular weight is 440 g/mol. The van der Waals surface area contributed by atoms with Gasteiger partial charge in [0, 0.05) is 44.0 Å². The molecule has 0 atom stereocenters. The number of rotatable bonds is 11. The van der Waals surface area contributed by atoms with E-state index in [1.54, 1.807) is 18.2 Å². The van der Waals surface area contributed by atoms with Crippen molar-refractivity contribution >= 4 is 11.6 Å². The van der Waals surface area contributed by atoms with E-state index in [2.05, 4.69) is 46.3 Å². The fourth-order valence-corrected chi connectivity index (χ4v) is 4.01. The minimum absolute atomic E-state index is 0.0687. The van der Waals surface area contributed by atoms with Crippen molar-refractivity contribution in [3.05, 3.63) is 53.6 Å². The number of benzene rings is 2. The molecule has 1 saturated heterocycles. The van der Waals surface area contributed by atoms with Gasteiger partial charge in [-0.25, -0.2) is 0 Å². The molecule has 0 aromatic heterocycles. The van der Waals surface area contributed by atoms with Crippen LogP contribution in [-0.2, 0) is 0 Å². The number of carbonyl (C=O) groups is 1. The van der Waals surface area contributed by atoms with Crippen LogP contribution < -0.4 is 19.7 Å². The highest BCUT2D eigenvalue weighted by Gasteiger charge is 2.17. The van der Waals surface area contributed by atoms with Crippen LogP contribution in [0.15, 0.2) is 42.5 Å². The number of hydrogen-bond acceptors (Lipinski definition) is 5. The van der Waals surface area contributed by atoms with Crippen molar-refractivity contribution in [2.45, 2.75) is 33.6 Å². The van der Waals surface area contributed by atoms with Crippen LogP contribution in [0.5, 0.6) is 11.5 Å². The van der Waals surface area contributed by atoms with E-state index >= 15 is 0 Å². The number of carbonyl (C=O) groups excluding carboxylic acids is 1. The van der Waals surface area contributed by atoms with Gasteiger partial charge in [-0.1, -0.05) is 12.1 Å². The van der Waals surface area contributed by atoms with Crippen molar-refractivity contribution in [2.75, 3.05) is 57.4 Å². The standard InChI is InChI=1S/C26H37N3O3/c1-4-31-24-12-11-22(20-25(24)32-5-2)26(30)27-13-6-7-14-28-15-17-29(18-16-28)23-10-8-9-21(3)19-23/h8-12,19-20H,4-7,13-18H2,1-3H3,(H,27,30). The molecule has 3 rings (SSSR count). The highest BCUT2D eigenvalue weighted by molar-refractivity contribution is 5.94. The van der Waals surface area contributed by atoms with Gasteiger partial charge in [0.1, 0.15) is 0 Å². The number of amides is 1. The Labute approximate surface area is 192 Å². The Morgan fingerprint density at radius 1 is 0.938 bits per heavy atom. The Kier molecular flexibility index (Phi) is 9.23. The molecule has 174 valence electrons. The molecule has 1 N–H and O–H groups in total. The SMILES string of the molecule is CCOc1ccc(C(=O)NCCCCN2CCN(c3cccc(C)c3)CC2)cc1OCC. The number of nitrogens with zero attached hydrogens (tertiary/aromatic N) is 2. The molecule has 32 heavy (non-hydrogen) atoms. The van der Waals surface area contributed by atoms with Crippen molar-refractivity contribution in [1.82, 2.24) is 10.2 Å². The van der Waals surface area contributed by atoms with Gasteiger partial charge in [0.25, 0.3) is 5.91 Å². The summed E-state index contributed by atoms with van der Waals surface area (Å²) >= 11 is 0. The largest absolute Gasteiger partial charge is 0.490 e. The smallest absolute Gasteiger partial charge is 0.251 e. The van der Waals surface area contributed by atoms with Gasteiger partial charge in [0.05, 0.1) is 13.2 Å². The second-order valence-corrected chi connectivity index (χ2v) is 8.16. The van der Waals surface area contributed by atoms with Crippen molar-refractivity contribution in [3.8, 4) is 11.5 Å². The van der Waals surface area contributed by atoms with Crippen LogP contribution in [0, 0.1) is 6.92 Å². The molecular weight excluding hydrogens is 402 g/mol. The van der Waals surface area contributed by atoms with Crippen molar-refractivity contribution in [3.63, 3.8) is 0 Å². The molecule has 1 aliphatic rings. The summed E-state index contributed by atoms with van der Waals surface area (Å²) in [5, 5.41) is 3.03.